The van der Waals surface area contributed by atoms with Crippen LogP contribution in [0.25, 0.3) is 22.2 Å². The predicted molar refractivity (Wildman–Crippen MR) is 137 cm³/mol. The molecule has 8 nitrogen and oxygen atoms in total. The summed E-state index contributed by atoms with van der Waals surface area (Å²) in [4.78, 5) is 27.5. The van der Waals surface area contributed by atoms with Crippen LogP contribution in [0.4, 0.5) is 17.3 Å². The lowest BCUT2D eigenvalue weighted by molar-refractivity contribution is -0.121. The molecule has 2 atom stereocenters. The van der Waals surface area contributed by atoms with Crippen molar-refractivity contribution in [3.05, 3.63) is 65.9 Å². The van der Waals surface area contributed by atoms with Crippen molar-refractivity contribution >= 4 is 45.7 Å². The standard InChI is InChI=1S/C25H26ClN7O/c1-33-13-15(24(34)30-17-8-6-16(27)7-9-17)10-18(14-33)31-25-29-12-21(26)23(32-25)20-11-28-22-5-3-2-4-19(20)22/h2-9,11-12,15,18,28H,10,13-14,27H2,1H3,(H,30,34)(H,29,31,32)/t15-,18?/m1/s1. The van der Waals surface area contributed by atoms with Crippen molar-refractivity contribution in [1.82, 2.24) is 19.9 Å². The largest absolute Gasteiger partial charge is 0.399 e. The van der Waals surface area contributed by atoms with Crippen LogP contribution in [0.1, 0.15) is 6.42 Å². The molecular formula is C25H26ClN7O. The lowest BCUT2D eigenvalue weighted by Crippen LogP contribution is -2.48. The van der Waals surface area contributed by atoms with E-state index >= 15 is 0 Å². The number of amides is 1. The van der Waals surface area contributed by atoms with Gasteiger partial charge in [-0.25, -0.2) is 9.97 Å². The number of H-pyrrole nitrogens is 1. The zero-order valence-electron chi connectivity index (χ0n) is 18.8. The summed E-state index contributed by atoms with van der Waals surface area (Å²) in [6.45, 7) is 1.46. The SMILES string of the molecule is CN1CC(Nc2ncc(Cl)c(-c3c[nH]c4ccccc34)n2)C[C@@H](C(=O)Nc2ccc(N)cc2)C1. The number of rotatable bonds is 5. The van der Waals surface area contributed by atoms with Gasteiger partial charge in [0.15, 0.2) is 0 Å². The third-order valence-electron chi connectivity index (χ3n) is 6.10. The Morgan fingerprint density at radius 1 is 1.18 bits per heavy atom. The Morgan fingerprint density at radius 2 is 1.97 bits per heavy atom. The lowest BCUT2D eigenvalue weighted by Gasteiger charge is -2.35. The fourth-order valence-electron chi connectivity index (χ4n) is 4.50. The third-order valence-corrected chi connectivity index (χ3v) is 6.38. The first kappa shape index (κ1) is 22.2. The van der Waals surface area contributed by atoms with E-state index in [0.29, 0.717) is 35.3 Å². The van der Waals surface area contributed by atoms with Gasteiger partial charge in [-0.3, -0.25) is 4.79 Å². The predicted octanol–water partition coefficient (Wildman–Crippen LogP) is 4.23. The lowest BCUT2D eigenvalue weighted by atomic mass is 9.93. The Bertz CT molecular complexity index is 1320. The molecular weight excluding hydrogens is 450 g/mol. The molecule has 2 aromatic heterocycles. The Balaban J connectivity index is 1.32. The number of nitrogen functional groups attached to an aromatic ring is 1. The number of piperidine rings is 1. The molecule has 9 heteroatoms. The van der Waals surface area contributed by atoms with Gasteiger partial charge in [-0.1, -0.05) is 29.8 Å². The smallest absolute Gasteiger partial charge is 0.228 e. The number of nitrogens with one attached hydrogen (secondary N) is 3. The van der Waals surface area contributed by atoms with Crippen LogP contribution in [-0.4, -0.2) is 51.9 Å². The van der Waals surface area contributed by atoms with E-state index in [9.17, 15) is 4.79 Å². The van der Waals surface area contributed by atoms with Crippen molar-refractivity contribution in [2.24, 2.45) is 5.92 Å². The zero-order chi connectivity index (χ0) is 23.7. The number of fused-ring (bicyclic) bond motifs is 1. The van der Waals surface area contributed by atoms with Crippen LogP contribution in [0.2, 0.25) is 5.02 Å². The van der Waals surface area contributed by atoms with Crippen molar-refractivity contribution in [3.8, 4) is 11.3 Å². The van der Waals surface area contributed by atoms with Crippen LogP contribution in [0.5, 0.6) is 0 Å². The summed E-state index contributed by atoms with van der Waals surface area (Å²) in [5, 5.41) is 7.94. The van der Waals surface area contributed by atoms with Crippen LogP contribution in [0.15, 0.2) is 60.9 Å². The molecule has 0 bridgehead atoms. The van der Waals surface area contributed by atoms with E-state index in [4.69, 9.17) is 22.3 Å². The number of carbonyl (C=O) groups is 1. The highest BCUT2D eigenvalue weighted by molar-refractivity contribution is 6.33. The van der Waals surface area contributed by atoms with E-state index < -0.39 is 0 Å². The highest BCUT2D eigenvalue weighted by atomic mass is 35.5. The summed E-state index contributed by atoms with van der Waals surface area (Å²) in [6, 6.07) is 15.2. The van der Waals surface area contributed by atoms with Gasteiger partial charge in [0.25, 0.3) is 0 Å². The number of para-hydroxylation sites is 1. The van der Waals surface area contributed by atoms with Gasteiger partial charge in [-0.05, 0) is 43.8 Å². The van der Waals surface area contributed by atoms with E-state index in [1.54, 1.807) is 18.3 Å². The van der Waals surface area contributed by atoms with Gasteiger partial charge in [0, 0.05) is 53.2 Å². The van der Waals surface area contributed by atoms with Gasteiger partial charge in [-0.2, -0.15) is 0 Å². The van der Waals surface area contributed by atoms with Gasteiger partial charge in [0.05, 0.1) is 22.8 Å². The number of carbonyl (C=O) groups excluding carboxylic acids is 1. The molecule has 0 radical (unpaired) electrons. The topological polar surface area (TPSA) is 112 Å². The van der Waals surface area contributed by atoms with Gasteiger partial charge in [-0.15, -0.1) is 0 Å². The van der Waals surface area contributed by atoms with Gasteiger partial charge >= 0.3 is 0 Å². The summed E-state index contributed by atoms with van der Waals surface area (Å²) in [5.41, 5.74) is 9.75. The fraction of sp³-hybridized carbons (Fsp3) is 0.240. The minimum absolute atomic E-state index is 0.0120. The number of aromatic amines is 1. The molecule has 0 saturated carbocycles. The second-order valence-electron chi connectivity index (χ2n) is 8.74. The molecule has 1 saturated heterocycles. The van der Waals surface area contributed by atoms with Gasteiger partial charge < -0.3 is 26.3 Å². The second kappa shape index (κ2) is 9.32. The minimum Gasteiger partial charge on any atom is -0.399 e. The number of likely N-dealkylation sites (N-methyl/N-ethyl adjacent to an activating group) is 1. The molecule has 0 spiro atoms. The Hall–Kier alpha value is -3.62. The van der Waals surface area contributed by atoms with Crippen molar-refractivity contribution in [2.75, 3.05) is 36.5 Å². The number of nitrogens with zero attached hydrogens (tertiary/aromatic N) is 3. The summed E-state index contributed by atoms with van der Waals surface area (Å²) in [7, 11) is 2.01. The van der Waals surface area contributed by atoms with Crippen LogP contribution in [-0.2, 0) is 4.79 Å². The number of aromatic nitrogens is 3. The number of halogens is 1. The quantitative estimate of drug-likeness (QED) is 0.321. The average molecular weight is 476 g/mol. The third kappa shape index (κ3) is 4.69. The minimum atomic E-state index is -0.172. The monoisotopic (exact) mass is 475 g/mol. The first-order valence-electron chi connectivity index (χ1n) is 11.2. The molecule has 5 rings (SSSR count). The number of hydrogen-bond donors (Lipinski definition) is 4. The molecule has 1 aliphatic heterocycles. The molecule has 174 valence electrons. The average Bonchev–Trinajstić information content (AvgIpc) is 3.25. The molecule has 4 aromatic rings. The Labute approximate surface area is 202 Å². The van der Waals surface area contributed by atoms with E-state index in [1.165, 1.54) is 0 Å². The molecule has 0 aliphatic carbocycles. The summed E-state index contributed by atoms with van der Waals surface area (Å²) in [6.07, 6.45) is 4.19. The van der Waals surface area contributed by atoms with Crippen molar-refractivity contribution in [1.29, 1.82) is 0 Å². The molecule has 1 amide bonds. The highest BCUT2D eigenvalue weighted by Crippen LogP contribution is 2.32. The maximum Gasteiger partial charge on any atom is 0.228 e. The summed E-state index contributed by atoms with van der Waals surface area (Å²) < 4.78 is 0. The summed E-state index contributed by atoms with van der Waals surface area (Å²) >= 11 is 6.47. The van der Waals surface area contributed by atoms with E-state index in [2.05, 4.69) is 25.5 Å². The molecule has 34 heavy (non-hydrogen) atoms. The van der Waals surface area contributed by atoms with Crippen LogP contribution in [0.3, 0.4) is 0 Å². The zero-order valence-corrected chi connectivity index (χ0v) is 19.5. The van der Waals surface area contributed by atoms with Crippen molar-refractivity contribution < 1.29 is 4.79 Å². The fourth-order valence-corrected chi connectivity index (χ4v) is 4.69. The molecule has 1 aliphatic rings. The van der Waals surface area contributed by atoms with Gasteiger partial charge in [0.2, 0.25) is 11.9 Å². The first-order valence-corrected chi connectivity index (χ1v) is 11.5. The summed E-state index contributed by atoms with van der Waals surface area (Å²) in [5.74, 6) is 0.302. The van der Waals surface area contributed by atoms with E-state index in [-0.39, 0.29) is 17.9 Å². The number of anilines is 3. The van der Waals surface area contributed by atoms with Crippen molar-refractivity contribution in [2.45, 2.75) is 12.5 Å². The van der Waals surface area contributed by atoms with Crippen LogP contribution < -0.4 is 16.4 Å². The molecule has 3 heterocycles. The molecule has 1 fully saturated rings. The number of likely N-dealkylation sites (tertiary alicyclic amines) is 1. The van der Waals surface area contributed by atoms with Crippen LogP contribution in [0, 0.1) is 5.92 Å². The van der Waals surface area contributed by atoms with Crippen molar-refractivity contribution in [3.63, 3.8) is 0 Å². The van der Waals surface area contributed by atoms with E-state index in [1.807, 2.05) is 49.6 Å². The van der Waals surface area contributed by atoms with Gasteiger partial charge in [0.1, 0.15) is 0 Å². The molecule has 1 unspecified atom stereocenters. The molecule has 5 N–H and O–H groups in total. The molecule has 2 aromatic carbocycles. The normalized spacial score (nSPS) is 18.6. The maximum absolute atomic E-state index is 12.9. The number of hydrogen-bond acceptors (Lipinski definition) is 6. The Kier molecular flexibility index (Phi) is 6.08. The number of benzene rings is 2. The Morgan fingerprint density at radius 3 is 2.79 bits per heavy atom. The van der Waals surface area contributed by atoms with E-state index in [0.717, 1.165) is 28.7 Å². The highest BCUT2D eigenvalue weighted by Gasteiger charge is 2.30. The number of nitrogens with two attached hydrogens (primary N) is 1. The maximum atomic E-state index is 12.9. The van der Waals surface area contributed by atoms with Crippen LogP contribution >= 0.6 is 11.6 Å². The second-order valence-corrected chi connectivity index (χ2v) is 9.15. The first-order chi connectivity index (χ1) is 16.5.